The van der Waals surface area contributed by atoms with Crippen LogP contribution in [-0.4, -0.2) is 21.5 Å². The smallest absolute Gasteiger partial charge is 0.295 e. The summed E-state index contributed by atoms with van der Waals surface area (Å²) < 4.78 is 3.21. The number of nitriles is 1. The molecular formula is C16H17N5O2S. The van der Waals surface area contributed by atoms with E-state index in [-0.39, 0.29) is 16.2 Å². The van der Waals surface area contributed by atoms with Gasteiger partial charge in [0.15, 0.2) is 0 Å². The van der Waals surface area contributed by atoms with E-state index in [0.717, 1.165) is 11.8 Å². The molecule has 0 aliphatic rings. The number of rotatable bonds is 5. The lowest BCUT2D eigenvalue weighted by Crippen LogP contribution is -2.22. The summed E-state index contributed by atoms with van der Waals surface area (Å²) >= 11 is 1.14. The molecule has 0 saturated carbocycles. The molecule has 0 saturated heterocycles. The second-order valence-electron chi connectivity index (χ2n) is 4.95. The van der Waals surface area contributed by atoms with Crippen LogP contribution < -0.4 is 16.6 Å². The number of carbonyl (C=O) groups excluding carboxylic acids is 1. The summed E-state index contributed by atoms with van der Waals surface area (Å²) in [4.78, 5) is 24.2. The number of benzene rings is 1. The summed E-state index contributed by atoms with van der Waals surface area (Å²) in [6.45, 7) is 1.78. The van der Waals surface area contributed by atoms with E-state index in [2.05, 4.69) is 5.32 Å². The first kappa shape index (κ1) is 17.4. The van der Waals surface area contributed by atoms with Crippen molar-refractivity contribution >= 4 is 23.4 Å². The van der Waals surface area contributed by atoms with Crippen molar-refractivity contribution in [1.82, 2.24) is 9.36 Å². The van der Waals surface area contributed by atoms with Crippen molar-refractivity contribution in [2.75, 3.05) is 11.6 Å². The predicted molar refractivity (Wildman–Crippen MR) is 94.7 cm³/mol. The minimum Gasteiger partial charge on any atom is -0.365 e. The molecule has 0 spiro atoms. The third-order valence-electron chi connectivity index (χ3n) is 3.58. The molecule has 0 unspecified atom stereocenters. The molecule has 2 rings (SSSR count). The van der Waals surface area contributed by atoms with Crippen LogP contribution in [0.2, 0.25) is 0 Å². The number of hydrogen-bond donors (Lipinski definition) is 2. The molecule has 7 nitrogen and oxygen atoms in total. The van der Waals surface area contributed by atoms with E-state index in [1.54, 1.807) is 31.0 Å². The van der Waals surface area contributed by atoms with Crippen LogP contribution in [0.3, 0.4) is 0 Å². The summed E-state index contributed by atoms with van der Waals surface area (Å²) in [6, 6.07) is 11.0. The second-order valence-corrected chi connectivity index (χ2v) is 5.76. The standard InChI is InChI=1S/C16H17N5O2S/c1-10-13(19-15(24-3)12(9-17)14(18)22)16(23)21(20(10)2)11-7-5-4-6-8-11/h4-8,19H,1-3H3,(H2,18,22)/b15-12+. The number of anilines is 1. The fourth-order valence-corrected chi connectivity index (χ4v) is 2.81. The van der Waals surface area contributed by atoms with Gasteiger partial charge in [-0.3, -0.25) is 14.3 Å². The van der Waals surface area contributed by atoms with Crippen LogP contribution in [0.15, 0.2) is 45.7 Å². The van der Waals surface area contributed by atoms with E-state index in [9.17, 15) is 9.59 Å². The Morgan fingerprint density at radius 3 is 2.46 bits per heavy atom. The van der Waals surface area contributed by atoms with Crippen molar-refractivity contribution in [2.45, 2.75) is 6.92 Å². The van der Waals surface area contributed by atoms with E-state index in [0.29, 0.717) is 17.1 Å². The van der Waals surface area contributed by atoms with Gasteiger partial charge in [-0.05, 0) is 25.3 Å². The third-order valence-corrected chi connectivity index (χ3v) is 4.30. The zero-order valence-electron chi connectivity index (χ0n) is 13.5. The van der Waals surface area contributed by atoms with E-state index in [1.807, 2.05) is 30.3 Å². The van der Waals surface area contributed by atoms with Crippen LogP contribution in [0.5, 0.6) is 0 Å². The summed E-state index contributed by atoms with van der Waals surface area (Å²) in [5.41, 5.74) is 6.39. The van der Waals surface area contributed by atoms with Gasteiger partial charge < -0.3 is 11.1 Å². The number of nitrogens with one attached hydrogen (secondary N) is 1. The molecule has 24 heavy (non-hydrogen) atoms. The molecule has 3 N–H and O–H groups in total. The van der Waals surface area contributed by atoms with Crippen LogP contribution in [0.25, 0.3) is 5.69 Å². The average Bonchev–Trinajstić information content (AvgIpc) is 2.78. The highest BCUT2D eigenvalue weighted by Crippen LogP contribution is 2.22. The topological polar surface area (TPSA) is 106 Å². The summed E-state index contributed by atoms with van der Waals surface area (Å²) in [5.74, 6) is -0.841. The largest absolute Gasteiger partial charge is 0.365 e. The lowest BCUT2D eigenvalue weighted by molar-refractivity contribution is -0.114. The molecule has 0 aliphatic heterocycles. The number of primary amides is 1. The van der Waals surface area contributed by atoms with Gasteiger partial charge in [-0.25, -0.2) is 4.68 Å². The molecule has 1 heterocycles. The Bertz CT molecular complexity index is 903. The van der Waals surface area contributed by atoms with Gasteiger partial charge in [0.2, 0.25) is 0 Å². The molecule has 1 amide bonds. The van der Waals surface area contributed by atoms with Gasteiger partial charge >= 0.3 is 0 Å². The molecule has 0 fully saturated rings. The Hall–Kier alpha value is -2.92. The highest BCUT2D eigenvalue weighted by Gasteiger charge is 2.19. The predicted octanol–water partition coefficient (Wildman–Crippen LogP) is 1.48. The van der Waals surface area contributed by atoms with Crippen molar-refractivity contribution in [3.8, 4) is 11.8 Å². The molecule has 1 aromatic heterocycles. The van der Waals surface area contributed by atoms with Crippen LogP contribution in [0, 0.1) is 18.3 Å². The maximum atomic E-state index is 12.8. The van der Waals surface area contributed by atoms with Gasteiger partial charge in [0.25, 0.3) is 11.5 Å². The Morgan fingerprint density at radius 2 is 1.96 bits per heavy atom. The van der Waals surface area contributed by atoms with Gasteiger partial charge in [0.1, 0.15) is 17.3 Å². The van der Waals surface area contributed by atoms with E-state index in [1.165, 1.54) is 4.68 Å². The van der Waals surface area contributed by atoms with Crippen molar-refractivity contribution in [1.29, 1.82) is 5.26 Å². The lowest BCUT2D eigenvalue weighted by atomic mass is 10.3. The molecule has 0 radical (unpaired) electrons. The fraction of sp³-hybridized carbons (Fsp3) is 0.188. The normalized spacial score (nSPS) is 11.6. The second kappa shape index (κ2) is 7.10. The van der Waals surface area contributed by atoms with Crippen LogP contribution >= 0.6 is 11.8 Å². The first-order valence-corrected chi connectivity index (χ1v) is 8.24. The number of aromatic nitrogens is 2. The Kier molecular flexibility index (Phi) is 5.16. The van der Waals surface area contributed by atoms with Gasteiger partial charge in [0, 0.05) is 7.05 Å². The highest BCUT2D eigenvalue weighted by molar-refractivity contribution is 8.02. The maximum absolute atomic E-state index is 12.8. The first-order chi connectivity index (χ1) is 11.4. The lowest BCUT2D eigenvalue weighted by Gasteiger charge is -2.08. The van der Waals surface area contributed by atoms with Crippen molar-refractivity contribution < 1.29 is 4.79 Å². The number of amides is 1. The summed E-state index contributed by atoms with van der Waals surface area (Å²) in [7, 11) is 1.76. The van der Waals surface area contributed by atoms with Crippen LogP contribution in [0.4, 0.5) is 5.69 Å². The molecule has 1 aromatic carbocycles. The number of nitrogens with zero attached hydrogens (tertiary/aromatic N) is 3. The number of carbonyl (C=O) groups is 1. The monoisotopic (exact) mass is 343 g/mol. The number of para-hydroxylation sites is 1. The van der Waals surface area contributed by atoms with Gasteiger partial charge in [0.05, 0.1) is 16.4 Å². The minimum absolute atomic E-state index is 0.212. The van der Waals surface area contributed by atoms with Crippen molar-refractivity contribution in [2.24, 2.45) is 12.8 Å². The maximum Gasteiger partial charge on any atom is 0.295 e. The molecule has 0 aliphatic carbocycles. The van der Waals surface area contributed by atoms with Crippen molar-refractivity contribution in [3.05, 3.63) is 57.0 Å². The SMILES string of the molecule is CS/C(Nc1c(C)n(C)n(-c2ccccc2)c1=O)=C(\C#N)C(N)=O. The fourth-order valence-electron chi connectivity index (χ4n) is 2.26. The third kappa shape index (κ3) is 3.07. The van der Waals surface area contributed by atoms with E-state index >= 15 is 0 Å². The van der Waals surface area contributed by atoms with Crippen LogP contribution in [0.1, 0.15) is 5.69 Å². The van der Waals surface area contributed by atoms with Crippen molar-refractivity contribution in [3.63, 3.8) is 0 Å². The van der Waals surface area contributed by atoms with E-state index in [4.69, 9.17) is 11.0 Å². The van der Waals surface area contributed by atoms with Gasteiger partial charge in [-0.15, -0.1) is 11.8 Å². The highest BCUT2D eigenvalue weighted by atomic mass is 32.2. The molecule has 0 bridgehead atoms. The molecule has 124 valence electrons. The zero-order valence-corrected chi connectivity index (χ0v) is 14.3. The van der Waals surface area contributed by atoms with E-state index < -0.39 is 5.91 Å². The molecule has 0 atom stereocenters. The summed E-state index contributed by atoms with van der Waals surface area (Å²) in [5, 5.41) is 12.2. The number of nitrogens with two attached hydrogens (primary N) is 1. The van der Waals surface area contributed by atoms with Crippen LogP contribution in [-0.2, 0) is 11.8 Å². The average molecular weight is 343 g/mol. The summed E-state index contributed by atoms with van der Waals surface area (Å²) in [6.07, 6.45) is 1.69. The Labute approximate surface area is 143 Å². The number of thioether (sulfide) groups is 1. The molecule has 2 aromatic rings. The first-order valence-electron chi connectivity index (χ1n) is 7.01. The minimum atomic E-state index is -0.841. The van der Waals surface area contributed by atoms with Gasteiger partial charge in [-0.2, -0.15) is 5.26 Å². The Morgan fingerprint density at radius 1 is 1.33 bits per heavy atom. The zero-order chi connectivity index (χ0) is 17.9. The van der Waals surface area contributed by atoms with Gasteiger partial charge in [-0.1, -0.05) is 18.2 Å². The Balaban J connectivity index is 2.60. The molecule has 8 heteroatoms. The quantitative estimate of drug-likeness (QED) is 0.632. The number of hydrogen-bond acceptors (Lipinski definition) is 5. The molecular weight excluding hydrogens is 326 g/mol.